The Labute approximate surface area is 192 Å². The van der Waals surface area contributed by atoms with Gasteiger partial charge in [-0.3, -0.25) is 14.2 Å². The number of benzene rings is 2. The highest BCUT2D eigenvalue weighted by Crippen LogP contribution is 2.15. The van der Waals surface area contributed by atoms with Crippen LogP contribution in [0.2, 0.25) is 5.02 Å². The lowest BCUT2D eigenvalue weighted by Crippen LogP contribution is -2.40. The molecule has 10 nitrogen and oxygen atoms in total. The molecule has 0 aliphatic rings. The van der Waals surface area contributed by atoms with E-state index in [0.717, 1.165) is 20.5 Å². The fourth-order valence-electron chi connectivity index (χ4n) is 3.06. The van der Waals surface area contributed by atoms with Crippen LogP contribution in [0.3, 0.4) is 0 Å². The molecule has 0 saturated heterocycles. The predicted molar refractivity (Wildman–Crippen MR) is 122 cm³/mol. The number of hydrogen-bond acceptors (Lipinski definition) is 7. The molecule has 2 heterocycles. The zero-order chi connectivity index (χ0) is 23.5. The second-order valence-corrected chi connectivity index (χ2v) is 7.69. The molecule has 2 aromatic carbocycles. The van der Waals surface area contributed by atoms with Crippen molar-refractivity contribution in [2.45, 2.75) is 19.8 Å². The third-order valence-electron chi connectivity index (χ3n) is 4.91. The third-order valence-corrected chi connectivity index (χ3v) is 5.16. The largest absolute Gasteiger partial charge is 0.351 e. The van der Waals surface area contributed by atoms with Gasteiger partial charge in [0.2, 0.25) is 17.6 Å². The highest BCUT2D eigenvalue weighted by atomic mass is 35.5. The van der Waals surface area contributed by atoms with Crippen molar-refractivity contribution in [1.82, 2.24) is 24.5 Å². The maximum atomic E-state index is 12.6. The molecule has 0 aliphatic heterocycles. The van der Waals surface area contributed by atoms with E-state index in [-0.39, 0.29) is 36.2 Å². The van der Waals surface area contributed by atoms with E-state index >= 15 is 0 Å². The molecule has 0 saturated carbocycles. The molecule has 1 amide bonds. The van der Waals surface area contributed by atoms with Gasteiger partial charge in [-0.1, -0.05) is 35.0 Å². The number of anilines is 1. The van der Waals surface area contributed by atoms with E-state index in [4.69, 9.17) is 16.1 Å². The number of amides is 1. The van der Waals surface area contributed by atoms with Gasteiger partial charge >= 0.3 is 5.69 Å². The Morgan fingerprint density at radius 2 is 1.85 bits per heavy atom. The Morgan fingerprint density at radius 1 is 1.12 bits per heavy atom. The first-order valence-corrected chi connectivity index (χ1v) is 10.4. The van der Waals surface area contributed by atoms with E-state index in [1.807, 2.05) is 31.2 Å². The van der Waals surface area contributed by atoms with Gasteiger partial charge in [-0.15, -0.1) is 0 Å². The number of nitrogens with zero attached hydrogens (tertiary/aromatic N) is 5. The van der Waals surface area contributed by atoms with Gasteiger partial charge in [0.1, 0.15) is 0 Å². The molecule has 33 heavy (non-hydrogen) atoms. The van der Waals surface area contributed by atoms with Gasteiger partial charge in [0.15, 0.2) is 5.69 Å². The first-order valence-electron chi connectivity index (χ1n) is 9.98. The normalized spacial score (nSPS) is 10.9. The third kappa shape index (κ3) is 4.75. The van der Waals surface area contributed by atoms with Gasteiger partial charge in [0.05, 0.1) is 5.69 Å². The quantitative estimate of drug-likeness (QED) is 0.462. The minimum Gasteiger partial charge on any atom is -0.339 e. The fourth-order valence-corrected chi connectivity index (χ4v) is 3.19. The van der Waals surface area contributed by atoms with Crippen molar-refractivity contribution in [2.75, 3.05) is 5.32 Å². The molecule has 2 aromatic heterocycles. The molecule has 11 heteroatoms. The van der Waals surface area contributed by atoms with Crippen LogP contribution in [0, 0.1) is 6.92 Å². The van der Waals surface area contributed by atoms with Crippen molar-refractivity contribution >= 4 is 23.2 Å². The van der Waals surface area contributed by atoms with Crippen LogP contribution >= 0.6 is 11.6 Å². The Balaban J connectivity index is 1.55. The minimum atomic E-state index is -0.671. The SMILES string of the molecule is Cc1ccccc1NC(=O)CCc1nc(-c2nn(-c3ccc(Cl)cc3)c(=O)n(C)c2=O)no1. The van der Waals surface area contributed by atoms with Crippen LogP contribution in [0.15, 0.2) is 62.6 Å². The van der Waals surface area contributed by atoms with Gasteiger partial charge in [0, 0.05) is 30.6 Å². The summed E-state index contributed by atoms with van der Waals surface area (Å²) in [5, 5.41) is 11.3. The molecule has 0 spiro atoms. The molecule has 0 radical (unpaired) electrons. The molecule has 1 N–H and O–H groups in total. The van der Waals surface area contributed by atoms with Gasteiger partial charge in [-0.05, 0) is 42.8 Å². The number of hydrogen-bond donors (Lipinski definition) is 1. The Morgan fingerprint density at radius 3 is 2.58 bits per heavy atom. The second-order valence-electron chi connectivity index (χ2n) is 7.26. The van der Waals surface area contributed by atoms with Crippen LogP contribution in [-0.2, 0) is 18.3 Å². The summed E-state index contributed by atoms with van der Waals surface area (Å²) < 4.78 is 7.16. The smallest absolute Gasteiger partial charge is 0.339 e. The topological polar surface area (TPSA) is 125 Å². The summed E-state index contributed by atoms with van der Waals surface area (Å²) in [5.74, 6) is -0.125. The zero-order valence-electron chi connectivity index (χ0n) is 17.8. The average molecular weight is 467 g/mol. The van der Waals surface area contributed by atoms with Gasteiger partial charge in [-0.2, -0.15) is 14.8 Å². The number of aromatic nitrogens is 5. The molecule has 0 unspecified atom stereocenters. The first kappa shape index (κ1) is 22.2. The van der Waals surface area contributed by atoms with E-state index in [1.54, 1.807) is 24.3 Å². The van der Waals surface area contributed by atoms with Gasteiger partial charge in [-0.25, -0.2) is 4.79 Å². The summed E-state index contributed by atoms with van der Waals surface area (Å²) >= 11 is 5.91. The monoisotopic (exact) mass is 466 g/mol. The number of carbonyl (C=O) groups is 1. The van der Waals surface area contributed by atoms with Crippen LogP contribution < -0.4 is 16.6 Å². The van der Waals surface area contributed by atoms with Crippen molar-refractivity contribution in [3.8, 4) is 17.2 Å². The molecule has 168 valence electrons. The number of nitrogens with one attached hydrogen (secondary N) is 1. The molecular weight excluding hydrogens is 448 g/mol. The minimum absolute atomic E-state index is 0.0763. The maximum absolute atomic E-state index is 12.6. The van der Waals surface area contributed by atoms with Crippen molar-refractivity contribution < 1.29 is 9.32 Å². The van der Waals surface area contributed by atoms with E-state index in [2.05, 4.69) is 20.6 Å². The predicted octanol–water partition coefficient (Wildman–Crippen LogP) is 2.51. The molecule has 4 rings (SSSR count). The zero-order valence-corrected chi connectivity index (χ0v) is 18.5. The summed E-state index contributed by atoms with van der Waals surface area (Å²) in [5.41, 5.74) is 0.622. The lowest BCUT2D eigenvalue weighted by molar-refractivity contribution is -0.116. The molecule has 0 bridgehead atoms. The van der Waals surface area contributed by atoms with Crippen molar-refractivity contribution in [3.63, 3.8) is 0 Å². The lowest BCUT2D eigenvalue weighted by Gasteiger charge is -2.07. The molecule has 0 fully saturated rings. The van der Waals surface area contributed by atoms with E-state index in [1.165, 1.54) is 7.05 Å². The Kier molecular flexibility index (Phi) is 6.18. The summed E-state index contributed by atoms with van der Waals surface area (Å²) in [7, 11) is 1.33. The first-order chi connectivity index (χ1) is 15.8. The fraction of sp³-hybridized carbons (Fsp3) is 0.182. The van der Waals surface area contributed by atoms with Crippen molar-refractivity contribution in [1.29, 1.82) is 0 Å². The summed E-state index contributed by atoms with van der Waals surface area (Å²) in [6.45, 7) is 1.90. The van der Waals surface area contributed by atoms with Crippen LogP contribution in [-0.4, -0.2) is 30.4 Å². The highest BCUT2D eigenvalue weighted by molar-refractivity contribution is 6.30. The van der Waals surface area contributed by atoms with Crippen LogP contribution in [0.25, 0.3) is 17.2 Å². The summed E-state index contributed by atoms with van der Waals surface area (Å²) in [4.78, 5) is 41.6. The Bertz CT molecular complexity index is 1440. The molecule has 0 aliphatic carbocycles. The van der Waals surface area contributed by atoms with Crippen LogP contribution in [0.5, 0.6) is 0 Å². The van der Waals surface area contributed by atoms with Crippen LogP contribution in [0.4, 0.5) is 5.69 Å². The van der Waals surface area contributed by atoms with Gasteiger partial charge in [0.25, 0.3) is 5.56 Å². The summed E-state index contributed by atoms with van der Waals surface area (Å²) in [6, 6.07) is 13.8. The second kappa shape index (κ2) is 9.21. The number of carbonyl (C=O) groups excluding carboxylic acids is 1. The number of para-hydroxylation sites is 1. The number of rotatable bonds is 6. The van der Waals surface area contributed by atoms with Crippen molar-refractivity contribution in [2.24, 2.45) is 7.05 Å². The summed E-state index contributed by atoms with van der Waals surface area (Å²) in [6.07, 6.45) is 0.271. The standard InChI is InChI=1S/C22H19ClN6O4/c1-13-5-3-4-6-16(13)24-17(30)11-12-18-25-20(27-33-18)19-21(31)28(2)22(32)29(26-19)15-9-7-14(23)8-10-15/h3-10H,11-12H2,1-2H3,(H,24,30). The number of halogens is 1. The maximum Gasteiger partial charge on any atom is 0.351 e. The van der Waals surface area contributed by atoms with E-state index in [9.17, 15) is 14.4 Å². The highest BCUT2D eigenvalue weighted by Gasteiger charge is 2.19. The lowest BCUT2D eigenvalue weighted by atomic mass is 10.2. The number of aryl methyl sites for hydroxylation is 2. The van der Waals surface area contributed by atoms with E-state index in [0.29, 0.717) is 10.7 Å². The van der Waals surface area contributed by atoms with Gasteiger partial charge < -0.3 is 9.84 Å². The molecule has 4 aromatic rings. The molecular formula is C22H19ClN6O4. The van der Waals surface area contributed by atoms with E-state index < -0.39 is 11.2 Å². The average Bonchev–Trinajstić information content (AvgIpc) is 3.27. The Hall–Kier alpha value is -4.05. The molecule has 0 atom stereocenters. The van der Waals surface area contributed by atoms with Crippen molar-refractivity contribution in [3.05, 3.63) is 85.8 Å². The van der Waals surface area contributed by atoms with Crippen LogP contribution in [0.1, 0.15) is 17.9 Å².